The van der Waals surface area contributed by atoms with E-state index in [-0.39, 0.29) is 23.5 Å². The number of benzene rings is 2. The van der Waals surface area contributed by atoms with Crippen molar-refractivity contribution in [2.24, 2.45) is 0 Å². The average molecular weight is 420 g/mol. The average Bonchev–Trinajstić information content (AvgIpc) is 3.39. The van der Waals surface area contributed by atoms with Crippen LogP contribution in [0.2, 0.25) is 5.02 Å². The van der Waals surface area contributed by atoms with Gasteiger partial charge in [0, 0.05) is 10.6 Å². The van der Waals surface area contributed by atoms with Crippen molar-refractivity contribution < 1.29 is 4.52 Å². The minimum absolute atomic E-state index is 0.0703. The molecular weight excluding hydrogens is 406 g/mol. The van der Waals surface area contributed by atoms with Crippen LogP contribution in [0.15, 0.2) is 70.2 Å². The van der Waals surface area contributed by atoms with E-state index >= 15 is 0 Å². The lowest BCUT2D eigenvalue weighted by Crippen LogP contribution is -2.21. The van der Waals surface area contributed by atoms with Gasteiger partial charge in [0.2, 0.25) is 11.7 Å². The topological polar surface area (TPSA) is 105 Å². The summed E-state index contributed by atoms with van der Waals surface area (Å²) in [4.78, 5) is 21.5. The summed E-state index contributed by atoms with van der Waals surface area (Å²) in [6.07, 6.45) is 1.43. The Balaban J connectivity index is 1.42. The molecule has 0 aliphatic heterocycles. The van der Waals surface area contributed by atoms with Crippen molar-refractivity contribution in [2.75, 3.05) is 0 Å². The Morgan fingerprint density at radius 3 is 2.73 bits per heavy atom. The normalized spacial score (nSPS) is 11.2. The molecule has 3 aromatic heterocycles. The lowest BCUT2D eigenvalue weighted by molar-refractivity contribution is 0.369. The molecule has 0 amide bonds. The van der Waals surface area contributed by atoms with Gasteiger partial charge in [-0.1, -0.05) is 64.4 Å². The fourth-order valence-corrected chi connectivity index (χ4v) is 3.26. The molecule has 30 heavy (non-hydrogen) atoms. The van der Waals surface area contributed by atoms with Crippen LogP contribution in [0.1, 0.15) is 11.5 Å². The van der Waals surface area contributed by atoms with E-state index in [0.29, 0.717) is 23.0 Å². The number of hydrogen-bond donors (Lipinski definition) is 0. The highest BCUT2D eigenvalue weighted by Crippen LogP contribution is 2.20. The molecule has 9 nitrogen and oxygen atoms in total. The Kier molecular flexibility index (Phi) is 4.56. The molecule has 0 spiro atoms. The van der Waals surface area contributed by atoms with Crippen LogP contribution in [0.4, 0.5) is 0 Å². The third-order valence-electron chi connectivity index (χ3n) is 4.52. The van der Waals surface area contributed by atoms with Crippen LogP contribution in [-0.2, 0) is 13.1 Å². The molecule has 10 heteroatoms. The van der Waals surface area contributed by atoms with Crippen LogP contribution in [-0.4, -0.2) is 34.7 Å². The zero-order chi connectivity index (χ0) is 20.5. The van der Waals surface area contributed by atoms with Gasteiger partial charge >= 0.3 is 0 Å². The van der Waals surface area contributed by atoms with Crippen molar-refractivity contribution in [1.82, 2.24) is 34.7 Å². The minimum Gasteiger partial charge on any atom is -0.337 e. The predicted octanol–water partition coefficient (Wildman–Crippen LogP) is 2.79. The quantitative estimate of drug-likeness (QED) is 0.431. The summed E-state index contributed by atoms with van der Waals surface area (Å²) in [5.74, 6) is 0.660. The summed E-state index contributed by atoms with van der Waals surface area (Å²) in [5.41, 5.74) is 2.03. The zero-order valence-corrected chi connectivity index (χ0v) is 16.3. The number of nitrogens with zero attached hydrogens (tertiary/aromatic N) is 7. The van der Waals surface area contributed by atoms with Crippen LogP contribution < -0.4 is 5.56 Å². The molecule has 3 heterocycles. The molecule has 0 aliphatic rings. The molecule has 0 saturated heterocycles. The molecule has 5 rings (SSSR count). The molecule has 2 aromatic carbocycles. The Hall–Kier alpha value is -3.85. The zero-order valence-electron chi connectivity index (χ0n) is 15.5. The molecule has 0 N–H and O–H groups in total. The van der Waals surface area contributed by atoms with Crippen LogP contribution in [0.25, 0.3) is 22.6 Å². The summed E-state index contributed by atoms with van der Waals surface area (Å²) in [6.45, 7) is 0.543. The SMILES string of the molecule is O=c1c2nnn(Cc3ccccc3)c2ncn1Cc1nc(-c2cccc(Cl)c2)no1. The van der Waals surface area contributed by atoms with Gasteiger partial charge in [0.05, 0.1) is 6.54 Å². The fourth-order valence-electron chi connectivity index (χ4n) is 3.07. The molecule has 0 radical (unpaired) electrons. The molecule has 0 fully saturated rings. The van der Waals surface area contributed by atoms with Gasteiger partial charge in [0.25, 0.3) is 5.56 Å². The lowest BCUT2D eigenvalue weighted by atomic mass is 10.2. The summed E-state index contributed by atoms with van der Waals surface area (Å²) in [7, 11) is 0. The van der Waals surface area contributed by atoms with Crippen molar-refractivity contribution in [3.8, 4) is 11.4 Å². The second-order valence-electron chi connectivity index (χ2n) is 6.60. The van der Waals surface area contributed by atoms with Gasteiger partial charge in [-0.05, 0) is 17.7 Å². The first-order valence-electron chi connectivity index (χ1n) is 9.08. The van der Waals surface area contributed by atoms with Gasteiger partial charge in [0.1, 0.15) is 12.9 Å². The summed E-state index contributed by atoms with van der Waals surface area (Å²) in [5, 5.41) is 12.6. The third kappa shape index (κ3) is 3.46. The number of rotatable bonds is 5. The van der Waals surface area contributed by atoms with Gasteiger partial charge in [-0.3, -0.25) is 9.36 Å². The predicted molar refractivity (Wildman–Crippen MR) is 109 cm³/mol. The first-order valence-corrected chi connectivity index (χ1v) is 9.46. The van der Waals surface area contributed by atoms with E-state index in [1.807, 2.05) is 36.4 Å². The second kappa shape index (κ2) is 7.53. The van der Waals surface area contributed by atoms with Crippen LogP contribution in [0, 0.1) is 0 Å². The Morgan fingerprint density at radius 2 is 1.90 bits per heavy atom. The van der Waals surface area contributed by atoms with E-state index in [9.17, 15) is 4.79 Å². The molecule has 148 valence electrons. The molecule has 0 aliphatic carbocycles. The lowest BCUT2D eigenvalue weighted by Gasteiger charge is -2.03. The van der Waals surface area contributed by atoms with Gasteiger partial charge in [-0.2, -0.15) is 4.98 Å². The van der Waals surface area contributed by atoms with Crippen molar-refractivity contribution in [3.05, 3.63) is 87.8 Å². The molecule has 0 bridgehead atoms. The highest BCUT2D eigenvalue weighted by Gasteiger charge is 2.15. The van der Waals surface area contributed by atoms with Crippen molar-refractivity contribution in [2.45, 2.75) is 13.1 Å². The highest BCUT2D eigenvalue weighted by molar-refractivity contribution is 6.30. The van der Waals surface area contributed by atoms with Gasteiger partial charge in [-0.25, -0.2) is 9.67 Å². The maximum atomic E-state index is 12.8. The Morgan fingerprint density at radius 1 is 1.03 bits per heavy atom. The first kappa shape index (κ1) is 18.2. The molecular formula is C20H14ClN7O2. The van der Waals surface area contributed by atoms with Crippen molar-refractivity contribution in [3.63, 3.8) is 0 Å². The number of aromatic nitrogens is 7. The number of halogens is 1. The van der Waals surface area contributed by atoms with E-state index < -0.39 is 0 Å². The van der Waals surface area contributed by atoms with Crippen LogP contribution >= 0.6 is 11.6 Å². The minimum atomic E-state index is -0.332. The Labute approximate surface area is 174 Å². The van der Waals surface area contributed by atoms with Gasteiger partial charge < -0.3 is 4.52 Å². The first-order chi connectivity index (χ1) is 14.7. The summed E-state index contributed by atoms with van der Waals surface area (Å²) < 4.78 is 8.24. The van der Waals surface area contributed by atoms with Crippen LogP contribution in [0.3, 0.4) is 0 Å². The smallest absolute Gasteiger partial charge is 0.283 e. The van der Waals surface area contributed by atoms with Crippen LogP contribution in [0.5, 0.6) is 0 Å². The standard InChI is InChI=1S/C20H14ClN7O2/c21-15-8-4-7-14(9-15)18-23-16(30-25-18)11-27-12-22-19-17(20(27)29)24-26-28(19)10-13-5-2-1-3-6-13/h1-9,12H,10-11H2. The maximum absolute atomic E-state index is 12.8. The van der Waals surface area contributed by atoms with Gasteiger partial charge in [0.15, 0.2) is 11.2 Å². The summed E-state index contributed by atoms with van der Waals surface area (Å²) >= 11 is 6.01. The molecule has 0 unspecified atom stereocenters. The third-order valence-corrected chi connectivity index (χ3v) is 4.76. The van der Waals surface area contributed by atoms with E-state index in [4.69, 9.17) is 16.1 Å². The number of fused-ring (bicyclic) bond motifs is 1. The van der Waals surface area contributed by atoms with Gasteiger partial charge in [-0.15, -0.1) is 5.10 Å². The fraction of sp³-hybridized carbons (Fsp3) is 0.100. The molecule has 0 saturated carbocycles. The molecule has 5 aromatic rings. The van der Waals surface area contributed by atoms with E-state index in [1.54, 1.807) is 22.9 Å². The van der Waals surface area contributed by atoms with E-state index in [2.05, 4.69) is 25.4 Å². The Bertz CT molecular complexity index is 1390. The van der Waals surface area contributed by atoms with Crippen molar-refractivity contribution >= 4 is 22.8 Å². The van der Waals surface area contributed by atoms with E-state index in [1.165, 1.54) is 10.9 Å². The largest absolute Gasteiger partial charge is 0.337 e. The maximum Gasteiger partial charge on any atom is 0.283 e. The molecule has 0 atom stereocenters. The number of hydrogen-bond acceptors (Lipinski definition) is 7. The monoisotopic (exact) mass is 419 g/mol. The van der Waals surface area contributed by atoms with Crippen molar-refractivity contribution in [1.29, 1.82) is 0 Å². The second-order valence-corrected chi connectivity index (χ2v) is 7.04. The summed E-state index contributed by atoms with van der Waals surface area (Å²) in [6, 6.07) is 16.9. The van der Waals surface area contributed by atoms with E-state index in [0.717, 1.165) is 11.1 Å². The highest BCUT2D eigenvalue weighted by atomic mass is 35.5.